The monoisotopic (exact) mass is 386 g/mol. The molecule has 2 aromatic rings. The highest BCUT2D eigenvalue weighted by molar-refractivity contribution is 9.10. The molecular formula is C15H13BrCl2N2O. The molecule has 1 aromatic carbocycles. The first kappa shape index (κ1) is 15.2. The van der Waals surface area contributed by atoms with E-state index in [0.29, 0.717) is 33.8 Å². The van der Waals surface area contributed by atoms with Crippen LogP contribution in [0.4, 0.5) is 0 Å². The van der Waals surface area contributed by atoms with E-state index in [0.717, 1.165) is 12.8 Å². The Morgan fingerprint density at radius 1 is 1.00 bits per heavy atom. The van der Waals surface area contributed by atoms with Crippen LogP contribution in [0.15, 0.2) is 34.8 Å². The summed E-state index contributed by atoms with van der Waals surface area (Å²) in [5.41, 5.74) is 0.871. The van der Waals surface area contributed by atoms with Gasteiger partial charge in [-0.25, -0.2) is 9.97 Å². The summed E-state index contributed by atoms with van der Waals surface area (Å²) in [5, 5.41) is 0.679. The van der Waals surface area contributed by atoms with E-state index >= 15 is 0 Å². The second-order valence-corrected chi connectivity index (χ2v) is 6.51. The second kappa shape index (κ2) is 6.21. The number of hydrogen-bond acceptors (Lipinski definition) is 3. The van der Waals surface area contributed by atoms with Gasteiger partial charge in [-0.05, 0) is 34.3 Å². The third-order valence-electron chi connectivity index (χ3n) is 3.87. The quantitative estimate of drug-likeness (QED) is 0.704. The standard InChI is InChI=1S/C15H13BrCl2N2O/c16-11-12(17)19-14(20-13(11)18)15(6-8-21-9-7-15)10-4-2-1-3-5-10/h1-5H,6-9H2. The van der Waals surface area contributed by atoms with Crippen molar-refractivity contribution >= 4 is 39.1 Å². The maximum Gasteiger partial charge on any atom is 0.148 e. The van der Waals surface area contributed by atoms with Crippen LogP contribution in [-0.4, -0.2) is 23.2 Å². The summed E-state index contributed by atoms with van der Waals surface area (Å²) in [6.07, 6.45) is 1.62. The highest BCUT2D eigenvalue weighted by atomic mass is 79.9. The maximum atomic E-state index is 6.17. The van der Waals surface area contributed by atoms with E-state index in [1.807, 2.05) is 18.2 Å². The summed E-state index contributed by atoms with van der Waals surface area (Å²) in [4.78, 5) is 8.95. The van der Waals surface area contributed by atoms with Crippen LogP contribution in [0.2, 0.25) is 10.3 Å². The number of halogens is 3. The Kier molecular flexibility index (Phi) is 4.50. The maximum absolute atomic E-state index is 6.17. The van der Waals surface area contributed by atoms with Crippen LogP contribution in [0.5, 0.6) is 0 Å². The Morgan fingerprint density at radius 2 is 1.57 bits per heavy atom. The first-order valence-electron chi connectivity index (χ1n) is 6.66. The average molecular weight is 388 g/mol. The Bertz CT molecular complexity index is 622. The van der Waals surface area contributed by atoms with E-state index in [-0.39, 0.29) is 5.41 Å². The summed E-state index contributed by atoms with van der Waals surface area (Å²) in [5.74, 6) is 0.662. The molecular weight excluding hydrogens is 375 g/mol. The van der Waals surface area contributed by atoms with Crippen molar-refractivity contribution in [2.24, 2.45) is 0 Å². The summed E-state index contributed by atoms with van der Waals surface area (Å²) < 4.78 is 6.05. The highest BCUT2D eigenvalue weighted by Gasteiger charge is 2.39. The van der Waals surface area contributed by atoms with Gasteiger partial charge >= 0.3 is 0 Å². The van der Waals surface area contributed by atoms with Gasteiger partial charge in [0.25, 0.3) is 0 Å². The van der Waals surface area contributed by atoms with Crippen molar-refractivity contribution in [3.8, 4) is 0 Å². The molecule has 110 valence electrons. The van der Waals surface area contributed by atoms with E-state index in [1.165, 1.54) is 5.56 Å². The molecule has 1 aliphatic rings. The zero-order chi connectivity index (χ0) is 14.9. The second-order valence-electron chi connectivity index (χ2n) is 5.00. The van der Waals surface area contributed by atoms with Crippen molar-refractivity contribution in [2.75, 3.05) is 13.2 Å². The molecule has 6 heteroatoms. The van der Waals surface area contributed by atoms with E-state index < -0.39 is 0 Å². The van der Waals surface area contributed by atoms with Crippen LogP contribution in [0.25, 0.3) is 0 Å². The highest BCUT2D eigenvalue weighted by Crippen LogP contribution is 2.41. The van der Waals surface area contributed by atoms with Crippen LogP contribution >= 0.6 is 39.1 Å². The van der Waals surface area contributed by atoms with Gasteiger partial charge in [-0.3, -0.25) is 0 Å². The Labute approximate surface area is 141 Å². The predicted octanol–water partition coefficient (Wildman–Crippen LogP) is 4.64. The van der Waals surface area contributed by atoms with Crippen molar-refractivity contribution in [2.45, 2.75) is 18.3 Å². The van der Waals surface area contributed by atoms with Gasteiger partial charge in [0.05, 0.1) is 9.89 Å². The number of rotatable bonds is 2. The van der Waals surface area contributed by atoms with Crippen molar-refractivity contribution in [3.63, 3.8) is 0 Å². The van der Waals surface area contributed by atoms with Gasteiger partial charge in [0.2, 0.25) is 0 Å². The molecule has 0 bridgehead atoms. The topological polar surface area (TPSA) is 35.0 Å². The molecule has 1 aromatic heterocycles. The smallest absolute Gasteiger partial charge is 0.148 e. The van der Waals surface area contributed by atoms with E-state index in [1.54, 1.807) is 0 Å². The van der Waals surface area contributed by atoms with E-state index in [4.69, 9.17) is 27.9 Å². The third-order valence-corrected chi connectivity index (χ3v) is 5.63. The zero-order valence-corrected chi connectivity index (χ0v) is 14.2. The van der Waals surface area contributed by atoms with Crippen LogP contribution in [0.3, 0.4) is 0 Å². The van der Waals surface area contributed by atoms with Crippen LogP contribution in [0, 0.1) is 0 Å². The SMILES string of the molecule is Clc1nc(C2(c3ccccc3)CCOCC2)nc(Cl)c1Br. The molecule has 3 rings (SSSR count). The normalized spacial score (nSPS) is 17.7. The van der Waals surface area contributed by atoms with Gasteiger partial charge < -0.3 is 4.74 Å². The van der Waals surface area contributed by atoms with Crippen molar-refractivity contribution in [1.29, 1.82) is 0 Å². The molecule has 0 N–H and O–H groups in total. The van der Waals surface area contributed by atoms with Crippen LogP contribution in [-0.2, 0) is 10.2 Å². The van der Waals surface area contributed by atoms with Gasteiger partial charge in [-0.15, -0.1) is 0 Å². The largest absolute Gasteiger partial charge is 0.381 e. The van der Waals surface area contributed by atoms with Crippen LogP contribution in [0.1, 0.15) is 24.2 Å². The fraction of sp³-hybridized carbons (Fsp3) is 0.333. The molecule has 1 fully saturated rings. The average Bonchev–Trinajstić information content (AvgIpc) is 2.53. The summed E-state index contributed by atoms with van der Waals surface area (Å²) in [6, 6.07) is 10.2. The van der Waals surface area contributed by atoms with E-state index in [2.05, 4.69) is 38.0 Å². The lowest BCUT2D eigenvalue weighted by molar-refractivity contribution is 0.0604. The predicted molar refractivity (Wildman–Crippen MR) is 87.0 cm³/mol. The minimum atomic E-state index is -0.298. The lowest BCUT2D eigenvalue weighted by atomic mass is 9.73. The molecule has 0 saturated carbocycles. The van der Waals surface area contributed by atoms with Crippen molar-refractivity contribution in [3.05, 3.63) is 56.5 Å². The summed E-state index contributed by atoms with van der Waals surface area (Å²) in [7, 11) is 0. The molecule has 1 saturated heterocycles. The van der Waals surface area contributed by atoms with Crippen LogP contribution < -0.4 is 0 Å². The number of nitrogens with zero attached hydrogens (tertiary/aromatic N) is 2. The van der Waals surface area contributed by atoms with Crippen molar-refractivity contribution < 1.29 is 4.74 Å². The molecule has 0 amide bonds. The van der Waals surface area contributed by atoms with Gasteiger partial charge in [0, 0.05) is 13.2 Å². The minimum Gasteiger partial charge on any atom is -0.381 e. The minimum absolute atomic E-state index is 0.298. The Balaban J connectivity index is 2.17. The Hall–Kier alpha value is -0.680. The molecule has 0 unspecified atom stereocenters. The van der Waals surface area contributed by atoms with Gasteiger partial charge in [-0.2, -0.15) is 0 Å². The summed E-state index contributed by atoms with van der Waals surface area (Å²) >= 11 is 15.6. The molecule has 2 heterocycles. The fourth-order valence-corrected chi connectivity index (χ4v) is 3.29. The lowest BCUT2D eigenvalue weighted by Gasteiger charge is -2.36. The molecule has 0 radical (unpaired) electrons. The van der Waals surface area contributed by atoms with Gasteiger partial charge in [-0.1, -0.05) is 53.5 Å². The zero-order valence-electron chi connectivity index (χ0n) is 11.2. The molecule has 0 spiro atoms. The number of benzene rings is 1. The Morgan fingerprint density at radius 3 is 2.14 bits per heavy atom. The number of hydrogen-bond donors (Lipinski definition) is 0. The van der Waals surface area contributed by atoms with E-state index in [9.17, 15) is 0 Å². The van der Waals surface area contributed by atoms with Gasteiger partial charge in [0.1, 0.15) is 16.1 Å². The molecule has 21 heavy (non-hydrogen) atoms. The van der Waals surface area contributed by atoms with Crippen molar-refractivity contribution in [1.82, 2.24) is 9.97 Å². The molecule has 3 nitrogen and oxygen atoms in total. The first-order valence-corrected chi connectivity index (χ1v) is 8.21. The number of ether oxygens (including phenoxy) is 1. The summed E-state index contributed by atoms with van der Waals surface area (Å²) in [6.45, 7) is 1.34. The molecule has 0 aliphatic carbocycles. The molecule has 0 atom stereocenters. The first-order chi connectivity index (χ1) is 10.1. The lowest BCUT2D eigenvalue weighted by Crippen LogP contribution is -2.37. The number of aromatic nitrogens is 2. The molecule has 1 aliphatic heterocycles. The third kappa shape index (κ3) is 2.82. The fourth-order valence-electron chi connectivity index (χ4n) is 2.73. The van der Waals surface area contributed by atoms with Gasteiger partial charge in [0.15, 0.2) is 0 Å².